The molecule has 1 fully saturated rings. The smallest absolute Gasteiger partial charge is 0.244 e. The molecule has 0 aromatic heterocycles. The predicted octanol–water partition coefficient (Wildman–Crippen LogP) is 1.19. The molecule has 6 nitrogen and oxygen atoms in total. The molecule has 1 aliphatic heterocycles. The van der Waals surface area contributed by atoms with E-state index < -0.39 is 0 Å². The third kappa shape index (κ3) is 6.06. The zero-order chi connectivity index (χ0) is 18.1. The van der Waals surface area contributed by atoms with E-state index in [1.54, 1.807) is 11.0 Å². The SMILES string of the molecule is CCNC(=O)[C@H]1CCCN(C(=O)CNC(=O)/C=C/c2ccccc2)C1. The summed E-state index contributed by atoms with van der Waals surface area (Å²) in [6.45, 7) is 3.46. The Labute approximate surface area is 148 Å². The number of likely N-dealkylation sites (tertiary alicyclic amines) is 1. The largest absolute Gasteiger partial charge is 0.356 e. The van der Waals surface area contributed by atoms with Crippen LogP contribution in [0.15, 0.2) is 36.4 Å². The van der Waals surface area contributed by atoms with Crippen LogP contribution in [0.2, 0.25) is 0 Å². The molecular formula is C19H25N3O3. The number of rotatable bonds is 6. The lowest BCUT2D eigenvalue weighted by Gasteiger charge is -2.32. The molecular weight excluding hydrogens is 318 g/mol. The van der Waals surface area contributed by atoms with Crippen LogP contribution in [0.5, 0.6) is 0 Å². The monoisotopic (exact) mass is 343 g/mol. The van der Waals surface area contributed by atoms with Crippen molar-refractivity contribution < 1.29 is 14.4 Å². The molecule has 0 bridgehead atoms. The molecule has 2 N–H and O–H groups in total. The highest BCUT2D eigenvalue weighted by Crippen LogP contribution is 2.16. The first-order valence-corrected chi connectivity index (χ1v) is 8.66. The number of nitrogens with zero attached hydrogens (tertiary/aromatic N) is 1. The Bertz CT molecular complexity index is 628. The summed E-state index contributed by atoms with van der Waals surface area (Å²) >= 11 is 0. The van der Waals surface area contributed by atoms with Gasteiger partial charge in [0.2, 0.25) is 17.7 Å². The highest BCUT2D eigenvalue weighted by Gasteiger charge is 2.27. The minimum absolute atomic E-state index is 0.00479. The van der Waals surface area contributed by atoms with Gasteiger partial charge in [0.05, 0.1) is 12.5 Å². The summed E-state index contributed by atoms with van der Waals surface area (Å²) in [4.78, 5) is 37.7. The molecule has 1 aromatic carbocycles. The van der Waals surface area contributed by atoms with Crippen LogP contribution < -0.4 is 10.6 Å². The summed E-state index contributed by atoms with van der Waals surface area (Å²) in [6, 6.07) is 9.47. The third-order valence-electron chi connectivity index (χ3n) is 4.14. The number of benzene rings is 1. The Kier molecular flexibility index (Phi) is 7.19. The van der Waals surface area contributed by atoms with Crippen molar-refractivity contribution in [3.63, 3.8) is 0 Å². The van der Waals surface area contributed by atoms with Crippen molar-refractivity contribution in [1.29, 1.82) is 0 Å². The van der Waals surface area contributed by atoms with Crippen LogP contribution in [0.1, 0.15) is 25.3 Å². The molecule has 0 aliphatic carbocycles. The van der Waals surface area contributed by atoms with Crippen molar-refractivity contribution in [2.45, 2.75) is 19.8 Å². The Hall–Kier alpha value is -2.63. The van der Waals surface area contributed by atoms with Crippen LogP contribution in [0.4, 0.5) is 0 Å². The highest BCUT2D eigenvalue weighted by atomic mass is 16.2. The fraction of sp³-hybridized carbons (Fsp3) is 0.421. The van der Waals surface area contributed by atoms with E-state index in [-0.39, 0.29) is 30.2 Å². The van der Waals surface area contributed by atoms with Gasteiger partial charge in [0.1, 0.15) is 0 Å². The maximum Gasteiger partial charge on any atom is 0.244 e. The van der Waals surface area contributed by atoms with E-state index in [9.17, 15) is 14.4 Å². The Balaban J connectivity index is 1.78. The molecule has 6 heteroatoms. The highest BCUT2D eigenvalue weighted by molar-refractivity contribution is 5.94. The third-order valence-corrected chi connectivity index (χ3v) is 4.14. The molecule has 2 rings (SSSR count). The van der Waals surface area contributed by atoms with Crippen LogP contribution in [0, 0.1) is 5.92 Å². The standard InChI is InChI=1S/C19H25N3O3/c1-2-20-19(25)16-9-6-12-22(14-16)18(24)13-21-17(23)11-10-15-7-4-3-5-8-15/h3-5,7-8,10-11,16H,2,6,9,12-14H2,1H3,(H,20,25)(H,21,23)/b11-10+/t16-/m0/s1. The van der Waals surface area contributed by atoms with Crippen LogP contribution >= 0.6 is 0 Å². The number of nitrogens with one attached hydrogen (secondary N) is 2. The maximum absolute atomic E-state index is 12.3. The molecule has 0 unspecified atom stereocenters. The fourth-order valence-corrected chi connectivity index (χ4v) is 2.81. The Morgan fingerprint density at radius 3 is 2.68 bits per heavy atom. The number of amides is 3. The molecule has 0 radical (unpaired) electrons. The summed E-state index contributed by atoms with van der Waals surface area (Å²) < 4.78 is 0. The second kappa shape index (κ2) is 9.61. The van der Waals surface area contributed by atoms with Gasteiger partial charge in [-0.05, 0) is 31.4 Å². The van der Waals surface area contributed by atoms with Gasteiger partial charge in [0.15, 0.2) is 0 Å². The van der Waals surface area contributed by atoms with Gasteiger partial charge in [-0.25, -0.2) is 0 Å². The number of piperidine rings is 1. The summed E-state index contributed by atoms with van der Waals surface area (Å²) in [5.41, 5.74) is 0.921. The molecule has 25 heavy (non-hydrogen) atoms. The molecule has 0 saturated carbocycles. The van der Waals surface area contributed by atoms with Crippen molar-refractivity contribution in [3.05, 3.63) is 42.0 Å². The molecule has 134 valence electrons. The van der Waals surface area contributed by atoms with Crippen molar-refractivity contribution in [2.24, 2.45) is 5.92 Å². The predicted molar refractivity (Wildman–Crippen MR) is 96.5 cm³/mol. The zero-order valence-corrected chi connectivity index (χ0v) is 14.5. The van der Waals surface area contributed by atoms with Gasteiger partial charge in [-0.3, -0.25) is 14.4 Å². The van der Waals surface area contributed by atoms with Crippen molar-refractivity contribution >= 4 is 23.8 Å². The van der Waals surface area contributed by atoms with E-state index in [1.807, 2.05) is 37.3 Å². The van der Waals surface area contributed by atoms with E-state index in [2.05, 4.69) is 10.6 Å². The Morgan fingerprint density at radius 1 is 1.20 bits per heavy atom. The summed E-state index contributed by atoms with van der Waals surface area (Å²) in [5, 5.41) is 5.40. The number of hydrogen-bond acceptors (Lipinski definition) is 3. The fourth-order valence-electron chi connectivity index (χ4n) is 2.81. The zero-order valence-electron chi connectivity index (χ0n) is 14.5. The lowest BCUT2D eigenvalue weighted by atomic mass is 9.97. The van der Waals surface area contributed by atoms with E-state index in [4.69, 9.17) is 0 Å². The van der Waals surface area contributed by atoms with Gasteiger partial charge < -0.3 is 15.5 Å². The quantitative estimate of drug-likeness (QED) is 0.762. The second-order valence-electron chi connectivity index (χ2n) is 6.04. The first-order chi connectivity index (χ1) is 12.1. The lowest BCUT2D eigenvalue weighted by Crippen LogP contribution is -2.48. The van der Waals surface area contributed by atoms with E-state index in [0.717, 1.165) is 18.4 Å². The van der Waals surface area contributed by atoms with Gasteiger partial charge in [0.25, 0.3) is 0 Å². The Morgan fingerprint density at radius 2 is 1.96 bits per heavy atom. The minimum atomic E-state index is -0.311. The summed E-state index contributed by atoms with van der Waals surface area (Å²) in [5.74, 6) is -0.633. The molecule has 3 amide bonds. The summed E-state index contributed by atoms with van der Waals surface area (Å²) in [6.07, 6.45) is 4.71. The van der Waals surface area contributed by atoms with Crippen molar-refractivity contribution in [3.8, 4) is 0 Å². The average molecular weight is 343 g/mol. The van der Waals surface area contributed by atoms with Crippen molar-refractivity contribution in [1.82, 2.24) is 15.5 Å². The first kappa shape index (κ1) is 18.7. The van der Waals surface area contributed by atoms with Gasteiger partial charge in [-0.15, -0.1) is 0 Å². The van der Waals surface area contributed by atoms with Gasteiger partial charge in [-0.1, -0.05) is 30.3 Å². The molecule has 1 saturated heterocycles. The summed E-state index contributed by atoms with van der Waals surface area (Å²) in [7, 11) is 0. The van der Waals surface area contributed by atoms with Crippen LogP contribution in [0.3, 0.4) is 0 Å². The maximum atomic E-state index is 12.3. The minimum Gasteiger partial charge on any atom is -0.356 e. The normalized spacial score (nSPS) is 17.3. The molecule has 1 aromatic rings. The lowest BCUT2D eigenvalue weighted by molar-refractivity contribution is -0.136. The van der Waals surface area contributed by atoms with Crippen LogP contribution in [0.25, 0.3) is 6.08 Å². The molecule has 0 spiro atoms. The van der Waals surface area contributed by atoms with Crippen molar-refractivity contribution in [2.75, 3.05) is 26.2 Å². The second-order valence-corrected chi connectivity index (χ2v) is 6.04. The van der Waals surface area contributed by atoms with E-state index in [1.165, 1.54) is 6.08 Å². The van der Waals surface area contributed by atoms with Gasteiger partial charge in [-0.2, -0.15) is 0 Å². The molecule has 1 atom stereocenters. The van der Waals surface area contributed by atoms with Crippen LogP contribution in [-0.4, -0.2) is 48.8 Å². The molecule has 1 heterocycles. The topological polar surface area (TPSA) is 78.5 Å². The number of carbonyl (C=O) groups is 3. The molecule has 1 aliphatic rings. The number of hydrogen-bond donors (Lipinski definition) is 2. The number of carbonyl (C=O) groups excluding carboxylic acids is 3. The van der Waals surface area contributed by atoms with E-state index in [0.29, 0.717) is 19.6 Å². The van der Waals surface area contributed by atoms with Gasteiger partial charge in [0, 0.05) is 25.7 Å². The average Bonchev–Trinajstić information content (AvgIpc) is 2.65. The van der Waals surface area contributed by atoms with E-state index >= 15 is 0 Å². The first-order valence-electron chi connectivity index (χ1n) is 8.66. The van der Waals surface area contributed by atoms with Gasteiger partial charge >= 0.3 is 0 Å². The van der Waals surface area contributed by atoms with Crippen LogP contribution in [-0.2, 0) is 14.4 Å².